The van der Waals surface area contributed by atoms with Crippen LogP contribution in [0.3, 0.4) is 0 Å². The number of ketones is 1. The number of fused-ring (bicyclic) bond motifs is 1. The first kappa shape index (κ1) is 32.5. The Morgan fingerprint density at radius 3 is 2.38 bits per heavy atom. The Morgan fingerprint density at radius 1 is 0.911 bits per heavy atom. The van der Waals surface area contributed by atoms with E-state index in [0.717, 1.165) is 77.5 Å². The van der Waals surface area contributed by atoms with Gasteiger partial charge in [0.15, 0.2) is 0 Å². The number of carbonyl (C=O) groups excluding carboxylic acids is 2. The molecule has 0 spiro atoms. The second kappa shape index (κ2) is 15.4. The quantitative estimate of drug-likeness (QED) is 0.112. The van der Waals surface area contributed by atoms with E-state index >= 15 is 0 Å². The van der Waals surface area contributed by atoms with Crippen molar-refractivity contribution in [2.45, 2.75) is 65.2 Å². The van der Waals surface area contributed by atoms with Gasteiger partial charge in [-0.3, -0.25) is 9.59 Å². The number of amides is 1. The van der Waals surface area contributed by atoms with Gasteiger partial charge in [-0.25, -0.2) is 4.68 Å². The maximum absolute atomic E-state index is 13.8. The van der Waals surface area contributed by atoms with Crippen LogP contribution >= 0.6 is 23.2 Å². The molecule has 0 saturated carbocycles. The van der Waals surface area contributed by atoms with E-state index in [1.807, 2.05) is 90.6 Å². The number of H-pyrrole nitrogens is 1. The first-order valence-corrected chi connectivity index (χ1v) is 16.6. The summed E-state index contributed by atoms with van der Waals surface area (Å²) in [6.07, 6.45) is 8.94. The van der Waals surface area contributed by atoms with Crippen LogP contribution in [0.2, 0.25) is 10.0 Å². The summed E-state index contributed by atoms with van der Waals surface area (Å²) in [6, 6.07) is 23.4. The van der Waals surface area contributed by atoms with Crippen LogP contribution in [-0.4, -0.2) is 33.0 Å². The molecule has 0 aliphatic rings. The van der Waals surface area contributed by atoms with Crippen molar-refractivity contribution < 1.29 is 9.59 Å². The summed E-state index contributed by atoms with van der Waals surface area (Å²) in [5.41, 5.74) is 5.87. The minimum absolute atomic E-state index is 0.158. The third kappa shape index (κ3) is 8.05. The van der Waals surface area contributed by atoms with E-state index in [2.05, 4.69) is 17.2 Å². The molecule has 3 aromatic carbocycles. The van der Waals surface area contributed by atoms with E-state index in [9.17, 15) is 9.59 Å². The lowest BCUT2D eigenvalue weighted by molar-refractivity contribution is -0.122. The Balaban J connectivity index is 1.39. The van der Waals surface area contributed by atoms with Crippen molar-refractivity contribution in [3.05, 3.63) is 106 Å². The second-order valence-corrected chi connectivity index (χ2v) is 12.6. The standard InChI is InChI=1S/C37H40Cl2N4O2/c1-3-25(2)33(44)14-10-5-4-6-11-21-40-37(45)35-34(31-20-19-29(39)23-32(31)42-35)36-27(22-26-15-17-28(38)18-16-26)24-41-43(36)30-12-8-7-9-13-30/h7-9,12-13,15-20,23-25,42H,3-6,10-11,14,21-22H2,1-2H3,(H,40,45). The van der Waals surface area contributed by atoms with Crippen molar-refractivity contribution in [3.8, 4) is 16.9 Å². The highest BCUT2D eigenvalue weighted by molar-refractivity contribution is 6.31. The number of aromatic nitrogens is 3. The summed E-state index contributed by atoms with van der Waals surface area (Å²) >= 11 is 12.6. The first-order chi connectivity index (χ1) is 21.9. The predicted octanol–water partition coefficient (Wildman–Crippen LogP) is 9.60. The molecule has 2 heterocycles. The van der Waals surface area contributed by atoms with Gasteiger partial charge in [0.05, 0.1) is 17.6 Å². The lowest BCUT2D eigenvalue weighted by Crippen LogP contribution is -2.25. The topological polar surface area (TPSA) is 79.8 Å². The molecule has 2 aromatic heterocycles. The second-order valence-electron chi connectivity index (χ2n) is 11.7. The first-order valence-electron chi connectivity index (χ1n) is 15.8. The minimum atomic E-state index is -0.172. The van der Waals surface area contributed by atoms with E-state index in [1.165, 1.54) is 0 Å². The molecule has 1 atom stereocenters. The maximum Gasteiger partial charge on any atom is 0.268 e. The number of unbranched alkanes of at least 4 members (excludes halogenated alkanes) is 4. The Morgan fingerprint density at radius 2 is 1.62 bits per heavy atom. The van der Waals surface area contributed by atoms with E-state index in [4.69, 9.17) is 28.3 Å². The highest BCUT2D eigenvalue weighted by Crippen LogP contribution is 2.38. The molecule has 1 unspecified atom stereocenters. The van der Waals surface area contributed by atoms with E-state index < -0.39 is 0 Å². The maximum atomic E-state index is 13.8. The van der Waals surface area contributed by atoms with Gasteiger partial charge in [-0.05, 0) is 61.2 Å². The van der Waals surface area contributed by atoms with Crippen LogP contribution in [-0.2, 0) is 11.2 Å². The smallest absolute Gasteiger partial charge is 0.268 e. The highest BCUT2D eigenvalue weighted by Gasteiger charge is 2.25. The Hall–Kier alpha value is -3.87. The van der Waals surface area contributed by atoms with Crippen LogP contribution in [0.25, 0.3) is 27.8 Å². The van der Waals surface area contributed by atoms with Crippen molar-refractivity contribution in [1.29, 1.82) is 0 Å². The molecule has 1 amide bonds. The van der Waals surface area contributed by atoms with Gasteiger partial charge in [0.1, 0.15) is 11.5 Å². The highest BCUT2D eigenvalue weighted by atomic mass is 35.5. The number of aromatic amines is 1. The van der Waals surface area contributed by atoms with Crippen LogP contribution in [0, 0.1) is 5.92 Å². The van der Waals surface area contributed by atoms with E-state index in [-0.39, 0.29) is 11.8 Å². The number of rotatable bonds is 15. The van der Waals surface area contributed by atoms with Crippen LogP contribution in [0.1, 0.15) is 80.4 Å². The average Bonchev–Trinajstić information content (AvgIpc) is 3.63. The third-order valence-electron chi connectivity index (χ3n) is 8.43. The molecule has 234 valence electrons. The SMILES string of the molecule is CCC(C)C(=O)CCCCCCCNC(=O)c1[nH]c2cc(Cl)ccc2c1-c1c(Cc2ccc(Cl)cc2)cnn1-c1ccccc1. The normalized spacial score (nSPS) is 12.0. The number of carbonyl (C=O) groups is 2. The van der Waals surface area contributed by atoms with Gasteiger partial charge in [0.25, 0.3) is 5.91 Å². The summed E-state index contributed by atoms with van der Waals surface area (Å²) in [5.74, 6) is 0.352. The number of Topliss-reactive ketones (excluding diaryl/α,β-unsaturated/α-hetero) is 1. The van der Waals surface area contributed by atoms with E-state index in [0.29, 0.717) is 40.9 Å². The van der Waals surface area contributed by atoms with Gasteiger partial charge < -0.3 is 10.3 Å². The number of nitrogens with zero attached hydrogens (tertiary/aromatic N) is 2. The zero-order valence-corrected chi connectivity index (χ0v) is 27.4. The van der Waals surface area contributed by atoms with Gasteiger partial charge in [-0.1, -0.05) is 92.7 Å². The zero-order chi connectivity index (χ0) is 31.8. The largest absolute Gasteiger partial charge is 0.351 e. The lowest BCUT2D eigenvalue weighted by atomic mass is 9.98. The average molecular weight is 644 g/mol. The Labute approximate surface area is 275 Å². The number of hydrogen-bond donors (Lipinski definition) is 2. The van der Waals surface area contributed by atoms with Crippen LogP contribution in [0.15, 0.2) is 79.0 Å². The molecule has 0 radical (unpaired) electrons. The number of para-hydroxylation sites is 1. The molecule has 0 aliphatic heterocycles. The number of benzene rings is 3. The van der Waals surface area contributed by atoms with Crippen LogP contribution < -0.4 is 5.32 Å². The number of nitrogens with one attached hydrogen (secondary N) is 2. The predicted molar refractivity (Wildman–Crippen MR) is 185 cm³/mol. The number of halogens is 2. The molecule has 0 bridgehead atoms. The molecule has 0 saturated heterocycles. The molecule has 2 N–H and O–H groups in total. The third-order valence-corrected chi connectivity index (χ3v) is 8.91. The van der Waals surface area contributed by atoms with E-state index in [1.54, 1.807) is 0 Å². The minimum Gasteiger partial charge on any atom is -0.351 e. The summed E-state index contributed by atoms with van der Waals surface area (Å²) in [7, 11) is 0. The van der Waals surface area contributed by atoms with Crippen molar-refractivity contribution in [3.63, 3.8) is 0 Å². The fourth-order valence-corrected chi connectivity index (χ4v) is 5.97. The van der Waals surface area contributed by atoms with Crippen molar-refractivity contribution in [2.24, 2.45) is 5.92 Å². The molecule has 5 rings (SSSR count). The number of hydrogen-bond acceptors (Lipinski definition) is 3. The Kier molecular flexibility index (Phi) is 11.1. The molecule has 5 aromatic rings. The lowest BCUT2D eigenvalue weighted by Gasteiger charge is -2.13. The summed E-state index contributed by atoms with van der Waals surface area (Å²) in [4.78, 5) is 29.3. The molecule has 0 aliphatic carbocycles. The fourth-order valence-electron chi connectivity index (χ4n) is 5.67. The van der Waals surface area contributed by atoms with Gasteiger partial charge in [0, 0.05) is 57.4 Å². The molecule has 6 nitrogen and oxygen atoms in total. The molecular weight excluding hydrogens is 603 g/mol. The molecule has 45 heavy (non-hydrogen) atoms. The molecule has 8 heteroatoms. The van der Waals surface area contributed by atoms with Gasteiger partial charge in [-0.2, -0.15) is 5.10 Å². The monoisotopic (exact) mass is 642 g/mol. The van der Waals surface area contributed by atoms with Crippen molar-refractivity contribution in [2.75, 3.05) is 6.54 Å². The van der Waals surface area contributed by atoms with Gasteiger partial charge in [-0.15, -0.1) is 0 Å². The van der Waals surface area contributed by atoms with Crippen LogP contribution in [0.4, 0.5) is 0 Å². The van der Waals surface area contributed by atoms with Gasteiger partial charge >= 0.3 is 0 Å². The molecular formula is C37H40Cl2N4O2. The summed E-state index contributed by atoms with van der Waals surface area (Å²) in [6.45, 7) is 4.63. The summed E-state index contributed by atoms with van der Waals surface area (Å²) in [5, 5.41) is 10.1. The molecule has 0 fully saturated rings. The fraction of sp³-hybridized carbons (Fsp3) is 0.324. The van der Waals surface area contributed by atoms with Crippen molar-refractivity contribution >= 4 is 45.8 Å². The van der Waals surface area contributed by atoms with Crippen LogP contribution in [0.5, 0.6) is 0 Å². The Bertz CT molecular complexity index is 1740. The van der Waals surface area contributed by atoms with Crippen molar-refractivity contribution in [1.82, 2.24) is 20.1 Å². The zero-order valence-electron chi connectivity index (χ0n) is 25.9. The van der Waals surface area contributed by atoms with Gasteiger partial charge in [0.2, 0.25) is 0 Å². The summed E-state index contributed by atoms with van der Waals surface area (Å²) < 4.78 is 1.91.